The topological polar surface area (TPSA) is 86.3 Å². The van der Waals surface area contributed by atoms with E-state index in [0.29, 0.717) is 0 Å². The summed E-state index contributed by atoms with van der Waals surface area (Å²) in [6.07, 6.45) is 0. The van der Waals surface area contributed by atoms with Gasteiger partial charge in [-0.05, 0) is 12.1 Å². The molecule has 6 heteroatoms. The van der Waals surface area contributed by atoms with Crippen LogP contribution in [0, 0.1) is 0 Å². The van der Waals surface area contributed by atoms with Crippen molar-refractivity contribution < 1.29 is 70.9 Å². The molecule has 0 spiro atoms. The minimum atomic E-state index is -1.80. The first-order chi connectivity index (χ1) is 7.02. The number of carbonyl (C=O) groups is 3. The smallest absolute Gasteiger partial charge is 0.541 e. The van der Waals surface area contributed by atoms with Gasteiger partial charge in [-0.2, -0.15) is 0 Å². The molecule has 1 amide bonds. The van der Waals surface area contributed by atoms with Gasteiger partial charge in [-0.1, -0.05) is 12.1 Å². The van der Waals surface area contributed by atoms with Crippen LogP contribution in [0.4, 0.5) is 5.69 Å². The SMILES string of the molecule is CC(=O)Nc1ccccc1C(=O)C(=O)[O-].[K+]. The van der Waals surface area contributed by atoms with Gasteiger partial charge in [0.1, 0.15) is 5.97 Å². The van der Waals surface area contributed by atoms with Gasteiger partial charge in [0.25, 0.3) is 0 Å². The molecule has 1 aromatic carbocycles. The molecule has 0 heterocycles. The van der Waals surface area contributed by atoms with Gasteiger partial charge in [0.2, 0.25) is 11.7 Å². The Morgan fingerprint density at radius 1 is 1.19 bits per heavy atom. The number of benzene rings is 1. The van der Waals surface area contributed by atoms with Crippen LogP contribution in [-0.2, 0) is 9.59 Å². The van der Waals surface area contributed by atoms with Crippen LogP contribution in [0.1, 0.15) is 17.3 Å². The number of amides is 1. The maximum atomic E-state index is 11.1. The molecule has 0 radical (unpaired) electrons. The number of para-hydroxylation sites is 1. The van der Waals surface area contributed by atoms with Gasteiger partial charge in [-0.15, -0.1) is 0 Å². The van der Waals surface area contributed by atoms with E-state index in [1.807, 2.05) is 0 Å². The summed E-state index contributed by atoms with van der Waals surface area (Å²) in [4.78, 5) is 32.3. The average Bonchev–Trinajstić information content (AvgIpc) is 2.16. The van der Waals surface area contributed by atoms with E-state index in [-0.39, 0.29) is 68.5 Å². The van der Waals surface area contributed by atoms with Crippen molar-refractivity contribution in [3.8, 4) is 0 Å². The third-order valence-corrected chi connectivity index (χ3v) is 1.67. The number of hydrogen-bond donors (Lipinski definition) is 1. The summed E-state index contributed by atoms with van der Waals surface area (Å²) < 4.78 is 0. The quantitative estimate of drug-likeness (QED) is 0.341. The van der Waals surface area contributed by atoms with Gasteiger partial charge in [-0.3, -0.25) is 9.59 Å². The number of nitrogens with one attached hydrogen (secondary N) is 1. The van der Waals surface area contributed by atoms with Gasteiger partial charge in [0, 0.05) is 12.5 Å². The fourth-order valence-corrected chi connectivity index (χ4v) is 1.09. The Morgan fingerprint density at radius 3 is 2.25 bits per heavy atom. The molecule has 0 bridgehead atoms. The largest absolute Gasteiger partial charge is 1.00 e. The number of Topliss-reactive ketones (excluding diaryl/α,β-unsaturated/α-hetero) is 1. The summed E-state index contributed by atoms with van der Waals surface area (Å²) >= 11 is 0. The predicted octanol–water partition coefficient (Wildman–Crippen LogP) is -3.42. The molecule has 0 aliphatic rings. The van der Waals surface area contributed by atoms with Gasteiger partial charge < -0.3 is 15.2 Å². The van der Waals surface area contributed by atoms with Crippen LogP contribution in [0.5, 0.6) is 0 Å². The molecule has 0 aromatic heterocycles. The van der Waals surface area contributed by atoms with Crippen LogP contribution >= 0.6 is 0 Å². The molecular formula is C10H8KNO4. The molecule has 1 aromatic rings. The Morgan fingerprint density at radius 2 is 1.75 bits per heavy atom. The van der Waals surface area contributed by atoms with Crippen molar-refractivity contribution in [1.29, 1.82) is 0 Å². The third-order valence-electron chi connectivity index (χ3n) is 1.67. The maximum Gasteiger partial charge on any atom is 1.00 e. The second-order valence-corrected chi connectivity index (χ2v) is 2.84. The van der Waals surface area contributed by atoms with E-state index >= 15 is 0 Å². The molecular weight excluding hydrogens is 237 g/mol. The van der Waals surface area contributed by atoms with E-state index in [0.717, 1.165) is 0 Å². The first kappa shape index (κ1) is 15.5. The Bertz CT molecular complexity index is 431. The molecule has 78 valence electrons. The van der Waals surface area contributed by atoms with E-state index < -0.39 is 11.8 Å². The number of hydrogen-bond acceptors (Lipinski definition) is 4. The first-order valence-electron chi connectivity index (χ1n) is 4.14. The second-order valence-electron chi connectivity index (χ2n) is 2.84. The molecule has 16 heavy (non-hydrogen) atoms. The van der Waals surface area contributed by atoms with Crippen LogP contribution in [0.25, 0.3) is 0 Å². The summed E-state index contributed by atoms with van der Waals surface area (Å²) in [5.41, 5.74) is 0.0758. The normalized spacial score (nSPS) is 8.81. The molecule has 0 unspecified atom stereocenters. The van der Waals surface area contributed by atoms with Crippen molar-refractivity contribution in [3.63, 3.8) is 0 Å². The van der Waals surface area contributed by atoms with Gasteiger partial charge in [0.05, 0.1) is 5.69 Å². The number of carboxylic acids is 1. The molecule has 0 saturated carbocycles. The zero-order valence-electron chi connectivity index (χ0n) is 8.94. The van der Waals surface area contributed by atoms with E-state index in [1.54, 1.807) is 6.07 Å². The summed E-state index contributed by atoms with van der Waals surface area (Å²) in [6.45, 7) is 1.26. The van der Waals surface area contributed by atoms with Crippen molar-refractivity contribution in [2.45, 2.75) is 6.92 Å². The number of ketones is 1. The van der Waals surface area contributed by atoms with Gasteiger partial charge in [0.15, 0.2) is 0 Å². The van der Waals surface area contributed by atoms with Crippen LogP contribution in [0.15, 0.2) is 24.3 Å². The molecule has 0 saturated heterocycles. The van der Waals surface area contributed by atoms with Crippen molar-refractivity contribution in [1.82, 2.24) is 0 Å². The standard InChI is InChI=1S/C10H9NO4.K/c1-6(12)11-8-5-3-2-4-7(8)9(13)10(14)15;/h2-5H,1H3,(H,11,12)(H,14,15);/q;+1/p-1. The Labute approximate surface area is 135 Å². The monoisotopic (exact) mass is 245 g/mol. The van der Waals surface area contributed by atoms with E-state index in [1.165, 1.54) is 25.1 Å². The summed E-state index contributed by atoms with van der Waals surface area (Å²) in [7, 11) is 0. The molecule has 0 aliphatic carbocycles. The van der Waals surface area contributed by atoms with Crippen molar-refractivity contribution in [3.05, 3.63) is 29.8 Å². The van der Waals surface area contributed by atoms with Crippen LogP contribution in [0.2, 0.25) is 0 Å². The molecule has 0 fully saturated rings. The molecule has 5 nitrogen and oxygen atoms in total. The van der Waals surface area contributed by atoms with Crippen molar-refractivity contribution in [2.24, 2.45) is 0 Å². The minimum absolute atomic E-state index is 0. The number of carboxylic acid groups (broad SMARTS) is 1. The fourth-order valence-electron chi connectivity index (χ4n) is 1.09. The van der Waals surface area contributed by atoms with Crippen LogP contribution < -0.4 is 61.8 Å². The van der Waals surface area contributed by atoms with Gasteiger partial charge >= 0.3 is 51.4 Å². The first-order valence-corrected chi connectivity index (χ1v) is 4.14. The number of anilines is 1. The zero-order chi connectivity index (χ0) is 11.4. The molecule has 0 aliphatic heterocycles. The third kappa shape index (κ3) is 4.15. The fraction of sp³-hybridized carbons (Fsp3) is 0.100. The molecule has 1 rings (SSSR count). The average molecular weight is 245 g/mol. The van der Waals surface area contributed by atoms with Crippen LogP contribution in [-0.4, -0.2) is 17.7 Å². The van der Waals surface area contributed by atoms with E-state index in [2.05, 4.69) is 5.32 Å². The Kier molecular flexibility index (Phi) is 6.69. The minimum Gasteiger partial charge on any atom is -0.541 e. The van der Waals surface area contributed by atoms with E-state index in [4.69, 9.17) is 0 Å². The van der Waals surface area contributed by atoms with Crippen LogP contribution in [0.3, 0.4) is 0 Å². The summed E-state index contributed by atoms with van der Waals surface area (Å²) in [5.74, 6) is -3.33. The number of rotatable bonds is 3. The molecule has 0 atom stereocenters. The number of aliphatic carboxylic acids is 1. The number of carbonyl (C=O) groups excluding carboxylic acids is 3. The predicted molar refractivity (Wildman–Crippen MR) is 50.1 cm³/mol. The zero-order valence-corrected chi connectivity index (χ0v) is 12.1. The molecule has 1 N–H and O–H groups in total. The van der Waals surface area contributed by atoms with Gasteiger partial charge in [-0.25, -0.2) is 0 Å². The van der Waals surface area contributed by atoms with Crippen molar-refractivity contribution in [2.75, 3.05) is 5.32 Å². The summed E-state index contributed by atoms with van der Waals surface area (Å²) in [6, 6.07) is 5.83. The van der Waals surface area contributed by atoms with Crippen molar-refractivity contribution >= 4 is 23.3 Å². The Balaban J connectivity index is 0.00000225. The second kappa shape index (κ2) is 6.92. The summed E-state index contributed by atoms with van der Waals surface area (Å²) in [5, 5.41) is 12.7. The Hall–Kier alpha value is -0.534. The van der Waals surface area contributed by atoms with E-state index in [9.17, 15) is 19.5 Å². The maximum absolute atomic E-state index is 11.1.